The number of aryl methyl sites for hydroxylation is 1. The van der Waals surface area contributed by atoms with E-state index in [2.05, 4.69) is 59.8 Å². The highest BCUT2D eigenvalue weighted by molar-refractivity contribution is 14.1. The Morgan fingerprint density at radius 1 is 0.609 bits per heavy atom. The molecule has 0 unspecified atom stereocenters. The largest absolute Gasteiger partial charge is 0.508 e. The lowest BCUT2D eigenvalue weighted by molar-refractivity contribution is -0.139. The van der Waals surface area contributed by atoms with Gasteiger partial charge < -0.3 is 63.4 Å². The minimum Gasteiger partial charge on any atom is -0.508 e. The number of benzene rings is 2. The zero-order chi connectivity index (χ0) is 48.1. The number of carboxylic acids is 2. The van der Waals surface area contributed by atoms with Crippen LogP contribution >= 0.6 is 22.6 Å². The van der Waals surface area contributed by atoms with Crippen LogP contribution in [0.3, 0.4) is 0 Å². The molecule has 23 heteroatoms. The number of aliphatic hydroxyl groups excluding tert-OH is 1. The summed E-state index contributed by atoms with van der Waals surface area (Å²) in [5.41, 5.74) is 6.33. The molecule has 2 rings (SSSR count). The van der Waals surface area contributed by atoms with Crippen LogP contribution in [0.4, 0.5) is 0 Å². The first kappa shape index (κ1) is 53.8. The van der Waals surface area contributed by atoms with Crippen molar-refractivity contribution in [3.05, 3.63) is 63.2 Å². The predicted octanol–water partition coefficient (Wildman–Crippen LogP) is -1.46. The van der Waals surface area contributed by atoms with Gasteiger partial charge in [0, 0.05) is 22.0 Å². The van der Waals surface area contributed by atoms with Gasteiger partial charge in [-0.25, -0.2) is 0 Å². The second-order valence-corrected chi connectivity index (χ2v) is 16.3. The smallest absolute Gasteiger partial charge is 0.303 e. The van der Waals surface area contributed by atoms with Crippen molar-refractivity contribution in [3.8, 4) is 5.75 Å². The van der Waals surface area contributed by atoms with Gasteiger partial charge in [0.25, 0.3) is 5.91 Å². The molecule has 13 N–H and O–H groups in total. The summed E-state index contributed by atoms with van der Waals surface area (Å²) in [5, 5.41) is 54.8. The number of hydrogen-bond acceptors (Lipinski definition) is 12. The number of aliphatic hydroxyl groups is 1. The van der Waals surface area contributed by atoms with Crippen molar-refractivity contribution in [1.29, 1.82) is 0 Å². The summed E-state index contributed by atoms with van der Waals surface area (Å²) in [4.78, 5) is 127. The van der Waals surface area contributed by atoms with Crippen molar-refractivity contribution in [2.75, 3.05) is 13.2 Å². The Morgan fingerprint density at radius 3 is 1.62 bits per heavy atom. The molecule has 0 saturated carbocycles. The molecule has 0 bridgehead atoms. The third kappa shape index (κ3) is 19.8. The van der Waals surface area contributed by atoms with E-state index >= 15 is 0 Å². The van der Waals surface area contributed by atoms with Crippen molar-refractivity contribution < 1.29 is 68.4 Å². The zero-order valence-electron chi connectivity index (χ0n) is 35.4. The Bertz CT molecular complexity index is 1980. The Morgan fingerprint density at radius 2 is 1.09 bits per heavy atom. The van der Waals surface area contributed by atoms with E-state index in [1.807, 2.05) is 0 Å². The fourth-order valence-electron chi connectivity index (χ4n) is 5.83. The first-order chi connectivity index (χ1) is 30.1. The molecule has 22 nitrogen and oxygen atoms in total. The van der Waals surface area contributed by atoms with Gasteiger partial charge in [-0.15, -0.1) is 0 Å². The molecular weight excluding hydrogens is 955 g/mol. The van der Waals surface area contributed by atoms with Crippen LogP contribution in [0.2, 0.25) is 0 Å². The number of nitrogens with two attached hydrogens (primary N) is 1. The van der Waals surface area contributed by atoms with Gasteiger partial charge in [-0.3, -0.25) is 47.9 Å². The minimum absolute atomic E-state index is 0.0199. The van der Waals surface area contributed by atoms with Crippen molar-refractivity contribution in [2.45, 2.75) is 102 Å². The van der Waals surface area contributed by atoms with Crippen LogP contribution < -0.4 is 43.0 Å². The summed E-state index contributed by atoms with van der Waals surface area (Å²) in [7, 11) is 0. The summed E-state index contributed by atoms with van der Waals surface area (Å²) in [6.07, 6.45) is -1.92. The van der Waals surface area contributed by atoms with E-state index in [1.54, 1.807) is 50.2 Å². The molecule has 64 heavy (non-hydrogen) atoms. The van der Waals surface area contributed by atoms with Gasteiger partial charge in [0.2, 0.25) is 41.4 Å². The van der Waals surface area contributed by atoms with E-state index < -0.39 is 128 Å². The van der Waals surface area contributed by atoms with Gasteiger partial charge in [0.1, 0.15) is 42.0 Å². The van der Waals surface area contributed by atoms with Gasteiger partial charge in [-0.05, 0) is 109 Å². The number of carbonyl (C=O) groups excluding carboxylic acids is 8. The second-order valence-electron chi connectivity index (χ2n) is 15.1. The Hall–Kier alpha value is -6.37. The number of primary amides is 1. The molecule has 0 saturated heterocycles. The quantitative estimate of drug-likeness (QED) is 0.0456. The second kappa shape index (κ2) is 27.0. The maximum atomic E-state index is 13.8. The molecule has 0 fully saturated rings. The van der Waals surface area contributed by atoms with Crippen LogP contribution in [0.5, 0.6) is 5.75 Å². The number of aliphatic carboxylic acids is 2. The van der Waals surface area contributed by atoms with E-state index in [-0.39, 0.29) is 37.4 Å². The van der Waals surface area contributed by atoms with E-state index in [0.29, 0.717) is 11.1 Å². The number of carbonyl (C=O) groups is 10. The molecule has 0 heterocycles. The third-order valence-electron chi connectivity index (χ3n) is 9.32. The maximum absolute atomic E-state index is 13.8. The number of phenols is 1. The highest BCUT2D eigenvalue weighted by Gasteiger charge is 2.33. The summed E-state index contributed by atoms with van der Waals surface area (Å²) < 4.78 is 0.887. The van der Waals surface area contributed by atoms with Crippen LogP contribution in [0.25, 0.3) is 0 Å². The highest BCUT2D eigenvalue weighted by atomic mass is 127. The van der Waals surface area contributed by atoms with Gasteiger partial charge in [0.05, 0.1) is 13.2 Å². The molecule has 0 aliphatic carbocycles. The number of carboxylic acid groups (broad SMARTS) is 2. The first-order valence-corrected chi connectivity index (χ1v) is 21.1. The topological polar surface area (TPSA) is 362 Å². The predicted molar refractivity (Wildman–Crippen MR) is 235 cm³/mol. The molecule has 350 valence electrons. The lowest BCUT2D eigenvalue weighted by Gasteiger charge is -2.27. The summed E-state index contributed by atoms with van der Waals surface area (Å²) in [6.45, 7) is 3.07. The number of halogens is 1. The average molecular weight is 1010 g/mol. The number of aromatic hydroxyl groups is 1. The number of rotatable bonds is 27. The number of hydrogen-bond donors (Lipinski definition) is 12. The van der Waals surface area contributed by atoms with E-state index in [1.165, 1.54) is 19.1 Å². The van der Waals surface area contributed by atoms with Crippen molar-refractivity contribution in [3.63, 3.8) is 0 Å². The fraction of sp³-hybridized carbons (Fsp3) is 0.463. The fourth-order valence-corrected chi connectivity index (χ4v) is 6.19. The number of nitrogens with one attached hydrogen (secondary N) is 7. The monoisotopic (exact) mass is 1010 g/mol. The van der Waals surface area contributed by atoms with Crippen molar-refractivity contribution >= 4 is 81.8 Å². The summed E-state index contributed by atoms with van der Waals surface area (Å²) in [6, 6.07) is 3.86. The lowest BCUT2D eigenvalue weighted by atomic mass is 10.00. The summed E-state index contributed by atoms with van der Waals surface area (Å²) >= 11 is 2.06. The Balaban J connectivity index is 2.18. The number of amides is 8. The SMILES string of the molecule is CC(C)C[C@H](NC(=O)[C@H](CO)NC(=O)[C@H](CCC(=O)O)NC(=O)CNC(=O)[C@H](C)NC(=O)c1ccc(I)cc1)C(=O)N[C@@H](CCc1ccc(O)cc1)C(=O)N[C@@H](CCC(=O)O)C(N)=O. The minimum atomic E-state index is -1.75. The van der Waals surface area contributed by atoms with Crippen molar-refractivity contribution in [2.24, 2.45) is 11.7 Å². The standard InChI is InChI=1S/C41H55IN8O14/c1-21(2)18-30(40(63)48-29(13-6-23-4-11-26(52)12-5-23)39(62)47-27(35(43)58)14-16-33(54)55)49-41(64)31(20-51)50-38(61)28(15-17-34(56)57)46-32(53)19-44-36(59)22(3)45-37(60)24-7-9-25(42)10-8-24/h4-5,7-12,21-22,27-31,51-52H,6,13-20H2,1-3H3,(H2,43,58)(H,44,59)(H,45,60)(H,46,53)(H,47,62)(H,48,63)(H,49,64)(H,50,61)(H,54,55)(H,56,57)/t22-,27-,28-,29-,30-,31-/m0/s1. The molecule has 0 radical (unpaired) electrons. The highest BCUT2D eigenvalue weighted by Crippen LogP contribution is 2.14. The Kier molecular flexibility index (Phi) is 22.6. The molecule has 0 spiro atoms. The van der Waals surface area contributed by atoms with Crippen LogP contribution in [0.15, 0.2) is 48.5 Å². The van der Waals surface area contributed by atoms with Gasteiger partial charge >= 0.3 is 11.9 Å². The van der Waals surface area contributed by atoms with E-state index in [9.17, 15) is 63.3 Å². The molecule has 6 atom stereocenters. The van der Waals surface area contributed by atoms with Crippen LogP contribution in [0.1, 0.15) is 75.2 Å². The normalized spacial score (nSPS) is 13.7. The number of phenolic OH excluding ortho intramolecular Hbond substituents is 1. The maximum Gasteiger partial charge on any atom is 0.303 e. The average Bonchev–Trinajstić information content (AvgIpc) is 3.23. The molecular formula is C41H55IN8O14. The van der Waals surface area contributed by atoms with Crippen LogP contribution in [-0.4, -0.2) is 129 Å². The van der Waals surface area contributed by atoms with Gasteiger partial charge in [-0.2, -0.15) is 0 Å². The lowest BCUT2D eigenvalue weighted by Crippen LogP contribution is -2.60. The molecule has 0 aromatic heterocycles. The summed E-state index contributed by atoms with van der Waals surface area (Å²) in [5.74, 6) is -10.1. The third-order valence-corrected chi connectivity index (χ3v) is 10.0. The van der Waals surface area contributed by atoms with E-state index in [4.69, 9.17) is 10.8 Å². The Labute approximate surface area is 381 Å². The van der Waals surface area contributed by atoms with Crippen molar-refractivity contribution in [1.82, 2.24) is 37.2 Å². The zero-order valence-corrected chi connectivity index (χ0v) is 37.5. The molecule has 0 aliphatic heterocycles. The van der Waals surface area contributed by atoms with Gasteiger partial charge in [0.15, 0.2) is 0 Å². The molecule has 0 aliphatic rings. The van der Waals surface area contributed by atoms with Crippen LogP contribution in [-0.2, 0) is 49.6 Å². The van der Waals surface area contributed by atoms with E-state index in [0.717, 1.165) is 3.57 Å². The van der Waals surface area contributed by atoms with Crippen LogP contribution in [0, 0.1) is 9.49 Å². The first-order valence-electron chi connectivity index (χ1n) is 20.1. The molecule has 8 amide bonds. The molecule has 2 aromatic rings. The molecule has 2 aromatic carbocycles. The van der Waals surface area contributed by atoms with Gasteiger partial charge in [-0.1, -0.05) is 26.0 Å².